The molecule has 2 aliphatic heterocycles. The lowest BCUT2D eigenvalue weighted by Gasteiger charge is -2.39. The van der Waals surface area contributed by atoms with E-state index in [1.54, 1.807) is 0 Å². The van der Waals surface area contributed by atoms with Gasteiger partial charge in [-0.05, 0) is 53.6 Å². The smallest absolute Gasteiger partial charge is 0.410 e. The first-order valence-electron chi connectivity index (χ1n) is 11.1. The molecule has 7 nitrogen and oxygen atoms in total. The van der Waals surface area contributed by atoms with Crippen molar-refractivity contribution in [1.82, 2.24) is 20.0 Å². The molecule has 3 rings (SSSR count). The van der Waals surface area contributed by atoms with Crippen molar-refractivity contribution in [3.05, 3.63) is 0 Å². The van der Waals surface area contributed by atoms with Gasteiger partial charge in [0.15, 0.2) is 5.96 Å². The number of nitrogens with one attached hydrogen (secondary N) is 1. The van der Waals surface area contributed by atoms with Crippen LogP contribution < -0.4 is 5.32 Å². The maximum atomic E-state index is 12.3. The highest BCUT2D eigenvalue weighted by Gasteiger charge is 2.36. The molecule has 2 heterocycles. The molecule has 29 heavy (non-hydrogen) atoms. The van der Waals surface area contributed by atoms with Gasteiger partial charge in [-0.15, -0.1) is 24.0 Å². The lowest BCUT2D eigenvalue weighted by atomic mass is 9.94. The van der Waals surface area contributed by atoms with Gasteiger partial charge in [0.1, 0.15) is 5.60 Å². The van der Waals surface area contributed by atoms with Crippen LogP contribution in [0.3, 0.4) is 0 Å². The van der Waals surface area contributed by atoms with Gasteiger partial charge in [0.25, 0.3) is 0 Å². The zero-order valence-corrected chi connectivity index (χ0v) is 21.0. The maximum Gasteiger partial charge on any atom is 0.410 e. The molecule has 1 N–H and O–H groups in total. The fraction of sp³-hybridized carbons (Fsp3) is 0.905. The van der Waals surface area contributed by atoms with E-state index < -0.39 is 5.60 Å². The third kappa shape index (κ3) is 7.15. The number of carbonyl (C=O) groups is 1. The van der Waals surface area contributed by atoms with Crippen LogP contribution in [0, 0.1) is 0 Å². The van der Waals surface area contributed by atoms with E-state index in [2.05, 4.69) is 22.2 Å². The molecule has 0 radical (unpaired) electrons. The predicted molar refractivity (Wildman–Crippen MR) is 128 cm³/mol. The Hall–Kier alpha value is -0.770. The van der Waals surface area contributed by atoms with Crippen LogP contribution in [-0.2, 0) is 4.74 Å². The van der Waals surface area contributed by atoms with Gasteiger partial charge in [0, 0.05) is 32.2 Å². The summed E-state index contributed by atoms with van der Waals surface area (Å²) in [5, 5.41) is 3.54. The van der Waals surface area contributed by atoms with Gasteiger partial charge < -0.3 is 24.8 Å². The Balaban J connectivity index is 0.00000300. The number of hydrogen-bond donors (Lipinski definition) is 1. The van der Waals surface area contributed by atoms with Crippen molar-refractivity contribution >= 4 is 36.0 Å². The maximum absolute atomic E-state index is 12.3. The van der Waals surface area contributed by atoms with Crippen molar-refractivity contribution in [2.45, 2.75) is 77.0 Å². The summed E-state index contributed by atoms with van der Waals surface area (Å²) in [6.45, 7) is 10.8. The number of rotatable bonds is 5. The van der Waals surface area contributed by atoms with Crippen molar-refractivity contribution in [3.63, 3.8) is 0 Å². The van der Waals surface area contributed by atoms with Crippen LogP contribution in [-0.4, -0.2) is 90.8 Å². The minimum Gasteiger partial charge on any atom is -0.444 e. The van der Waals surface area contributed by atoms with Gasteiger partial charge in [-0.1, -0.05) is 19.3 Å². The van der Waals surface area contributed by atoms with Gasteiger partial charge in [0.05, 0.1) is 12.6 Å². The number of aliphatic imine (C=N–C) groups is 1. The van der Waals surface area contributed by atoms with E-state index in [1.807, 2.05) is 25.7 Å². The summed E-state index contributed by atoms with van der Waals surface area (Å²) in [5.74, 6) is 1.01. The number of hydrogen-bond acceptors (Lipinski definition) is 6. The Bertz CT molecular complexity index is 560. The first-order chi connectivity index (χ1) is 13.3. The zero-order valence-electron chi connectivity index (χ0n) is 18.7. The quantitative estimate of drug-likeness (QED) is 0.445. The molecule has 1 saturated heterocycles. The Morgan fingerprint density at radius 1 is 1.24 bits per heavy atom. The summed E-state index contributed by atoms with van der Waals surface area (Å²) in [6, 6.07) is 1.05. The molecule has 1 amide bonds. The Labute approximate surface area is 193 Å². The standard InChI is InChI=1S/C21H39N5O2.HI/c1-21(2,3)28-20(27)25-13-14-26-18(16-25)15-23-19(26)22-11-8-12-24(4)17-9-6-5-7-10-17;/h17-18H,5-16H2,1-4H3,(H,22,23);1H. The van der Waals surface area contributed by atoms with Crippen LogP contribution >= 0.6 is 24.0 Å². The summed E-state index contributed by atoms with van der Waals surface area (Å²) in [7, 11) is 2.27. The van der Waals surface area contributed by atoms with E-state index in [0.717, 1.165) is 44.6 Å². The molecule has 1 unspecified atom stereocenters. The molecule has 3 aliphatic rings. The van der Waals surface area contributed by atoms with Gasteiger partial charge in [0.2, 0.25) is 0 Å². The van der Waals surface area contributed by atoms with E-state index in [0.29, 0.717) is 13.1 Å². The molecule has 0 spiro atoms. The summed E-state index contributed by atoms with van der Waals surface area (Å²) in [6.07, 6.45) is 7.84. The molecule has 2 fully saturated rings. The van der Waals surface area contributed by atoms with E-state index in [4.69, 9.17) is 9.73 Å². The van der Waals surface area contributed by atoms with Crippen LogP contribution in [0.1, 0.15) is 59.3 Å². The summed E-state index contributed by atoms with van der Waals surface area (Å²) in [5.41, 5.74) is -0.447. The second-order valence-electron chi connectivity index (χ2n) is 9.49. The van der Waals surface area contributed by atoms with Gasteiger partial charge in [-0.3, -0.25) is 4.99 Å². The largest absolute Gasteiger partial charge is 0.444 e. The summed E-state index contributed by atoms with van der Waals surface area (Å²) < 4.78 is 5.52. The molecule has 1 aliphatic carbocycles. The Morgan fingerprint density at radius 2 is 1.97 bits per heavy atom. The SMILES string of the molecule is CN(CCCNC1=NCC2CN(C(=O)OC(C)(C)C)CCN12)C1CCCCC1.I. The van der Waals surface area contributed by atoms with Gasteiger partial charge >= 0.3 is 6.09 Å². The molecule has 0 aromatic heterocycles. The molecule has 1 saturated carbocycles. The normalized spacial score (nSPS) is 22.8. The number of carbonyl (C=O) groups excluding carboxylic acids is 1. The highest BCUT2D eigenvalue weighted by atomic mass is 127. The number of piperazine rings is 1. The lowest BCUT2D eigenvalue weighted by Crippen LogP contribution is -2.57. The van der Waals surface area contributed by atoms with Crippen LogP contribution in [0.25, 0.3) is 0 Å². The molecule has 168 valence electrons. The topological polar surface area (TPSA) is 60.4 Å². The van der Waals surface area contributed by atoms with Crippen molar-refractivity contribution in [3.8, 4) is 0 Å². The molecule has 0 aromatic rings. The number of nitrogens with zero attached hydrogens (tertiary/aromatic N) is 4. The second kappa shape index (κ2) is 11.0. The average Bonchev–Trinajstić information content (AvgIpc) is 3.06. The zero-order chi connectivity index (χ0) is 20.1. The molecular formula is C21H40IN5O2. The number of amides is 1. The first kappa shape index (κ1) is 24.5. The third-order valence-corrected chi connectivity index (χ3v) is 6.03. The predicted octanol–water partition coefficient (Wildman–Crippen LogP) is 3.14. The van der Waals surface area contributed by atoms with Crippen LogP contribution in [0.5, 0.6) is 0 Å². The Morgan fingerprint density at radius 3 is 2.66 bits per heavy atom. The number of ether oxygens (including phenoxy) is 1. The third-order valence-electron chi connectivity index (χ3n) is 6.03. The van der Waals surface area contributed by atoms with E-state index in [-0.39, 0.29) is 36.1 Å². The van der Waals surface area contributed by atoms with E-state index in [9.17, 15) is 4.79 Å². The van der Waals surface area contributed by atoms with Crippen LogP contribution in [0.4, 0.5) is 4.79 Å². The highest BCUT2D eigenvalue weighted by molar-refractivity contribution is 14.0. The van der Waals surface area contributed by atoms with E-state index >= 15 is 0 Å². The van der Waals surface area contributed by atoms with E-state index in [1.165, 1.54) is 32.1 Å². The molecule has 0 aromatic carbocycles. The van der Waals surface area contributed by atoms with Crippen molar-refractivity contribution in [2.75, 3.05) is 46.3 Å². The first-order valence-corrected chi connectivity index (χ1v) is 11.1. The Kier molecular flexibility index (Phi) is 9.31. The lowest BCUT2D eigenvalue weighted by molar-refractivity contribution is 0.0137. The number of halogens is 1. The van der Waals surface area contributed by atoms with Crippen molar-refractivity contribution in [1.29, 1.82) is 0 Å². The monoisotopic (exact) mass is 521 g/mol. The van der Waals surface area contributed by atoms with Crippen LogP contribution in [0.2, 0.25) is 0 Å². The van der Waals surface area contributed by atoms with Crippen molar-refractivity contribution < 1.29 is 9.53 Å². The molecule has 1 atom stereocenters. The fourth-order valence-corrected chi connectivity index (χ4v) is 4.46. The minimum atomic E-state index is -0.447. The van der Waals surface area contributed by atoms with Gasteiger partial charge in [-0.25, -0.2) is 4.79 Å². The van der Waals surface area contributed by atoms with Crippen LogP contribution in [0.15, 0.2) is 4.99 Å². The minimum absolute atomic E-state index is 0. The molecule has 8 heteroatoms. The highest BCUT2D eigenvalue weighted by Crippen LogP contribution is 2.22. The molecule has 0 bridgehead atoms. The summed E-state index contributed by atoms with van der Waals surface area (Å²) in [4.78, 5) is 23.7. The average molecular weight is 521 g/mol. The van der Waals surface area contributed by atoms with Gasteiger partial charge in [-0.2, -0.15) is 0 Å². The number of guanidine groups is 1. The fourth-order valence-electron chi connectivity index (χ4n) is 4.46. The second-order valence-corrected chi connectivity index (χ2v) is 9.49. The summed E-state index contributed by atoms with van der Waals surface area (Å²) >= 11 is 0. The molecular weight excluding hydrogens is 481 g/mol. The van der Waals surface area contributed by atoms with Crippen molar-refractivity contribution in [2.24, 2.45) is 4.99 Å². The number of fused-ring (bicyclic) bond motifs is 1.